The molecule has 0 fully saturated rings. The van der Waals surface area contributed by atoms with Crippen LogP contribution in [0, 0.1) is 0 Å². The summed E-state index contributed by atoms with van der Waals surface area (Å²) in [6.45, 7) is 0.517. The lowest BCUT2D eigenvalue weighted by molar-refractivity contribution is 0.317. The fourth-order valence-electron chi connectivity index (χ4n) is 0.621. The van der Waals surface area contributed by atoms with Crippen molar-refractivity contribution in [1.82, 2.24) is 0 Å². The summed E-state index contributed by atoms with van der Waals surface area (Å²) in [5.74, 6) is 0. The van der Waals surface area contributed by atoms with Crippen molar-refractivity contribution in [2.24, 2.45) is 10.1 Å². The second kappa shape index (κ2) is 3.02. The Hall–Kier alpha value is -1.12. The van der Waals surface area contributed by atoms with Crippen LogP contribution in [0.15, 0.2) is 22.3 Å². The van der Waals surface area contributed by atoms with Gasteiger partial charge in [0.1, 0.15) is 0 Å². The Kier molecular flexibility index (Phi) is 2.01. The van der Waals surface area contributed by atoms with E-state index in [4.69, 9.17) is 5.21 Å². The van der Waals surface area contributed by atoms with Crippen LogP contribution < -0.4 is 0 Å². The molecule has 48 valence electrons. The average molecular weight is 124 g/mol. The number of hydrogen-bond donors (Lipinski definition) is 1. The van der Waals surface area contributed by atoms with Crippen LogP contribution in [-0.4, -0.2) is 23.7 Å². The van der Waals surface area contributed by atoms with E-state index in [0.717, 1.165) is 0 Å². The molecule has 0 radical (unpaired) electrons. The van der Waals surface area contributed by atoms with Crippen LogP contribution in [-0.2, 0) is 0 Å². The van der Waals surface area contributed by atoms with E-state index < -0.39 is 0 Å². The molecule has 0 saturated carbocycles. The quantitative estimate of drug-likeness (QED) is 0.377. The highest BCUT2D eigenvalue weighted by molar-refractivity contribution is 5.90. The summed E-state index contributed by atoms with van der Waals surface area (Å²) in [5.41, 5.74) is 0.708. The minimum atomic E-state index is 0.517. The molecule has 3 nitrogen and oxygen atoms in total. The molecule has 0 aliphatic carbocycles. The summed E-state index contributed by atoms with van der Waals surface area (Å²) in [5, 5.41) is 11.4. The highest BCUT2D eigenvalue weighted by atomic mass is 16.4. The summed E-state index contributed by atoms with van der Waals surface area (Å²) in [4.78, 5) is 3.92. The molecular formula is C6H8N2O. The van der Waals surface area contributed by atoms with Crippen molar-refractivity contribution in [3.05, 3.63) is 12.2 Å². The highest BCUT2D eigenvalue weighted by Crippen LogP contribution is 1.92. The van der Waals surface area contributed by atoms with Crippen molar-refractivity contribution in [3.63, 3.8) is 0 Å². The average Bonchev–Trinajstić information content (AvgIpc) is 2.13. The van der Waals surface area contributed by atoms with Crippen LogP contribution in [0.5, 0.6) is 0 Å². The normalized spacial score (nSPS) is 22.4. The van der Waals surface area contributed by atoms with E-state index in [1.165, 1.54) is 0 Å². The van der Waals surface area contributed by atoms with E-state index in [-0.39, 0.29) is 0 Å². The van der Waals surface area contributed by atoms with Gasteiger partial charge in [-0.15, -0.1) is 0 Å². The first-order valence-corrected chi connectivity index (χ1v) is 2.78. The van der Waals surface area contributed by atoms with E-state index in [1.807, 2.05) is 12.2 Å². The van der Waals surface area contributed by atoms with E-state index in [2.05, 4.69) is 10.1 Å². The minimum Gasteiger partial charge on any atom is -0.411 e. The zero-order chi connectivity index (χ0) is 6.53. The number of allylic oxidation sites excluding steroid dienone is 2. The zero-order valence-electron chi connectivity index (χ0n) is 4.99. The second-order valence-corrected chi connectivity index (χ2v) is 1.79. The summed E-state index contributed by atoms with van der Waals surface area (Å²) in [6.07, 6.45) is 6.17. The minimum absolute atomic E-state index is 0.517. The standard InChI is InChI=1S/C6H8N2O/c9-8-6-3-1-2-4-7-5-6/h1-2,4,9H,3,5H2. The fourth-order valence-corrected chi connectivity index (χ4v) is 0.621. The lowest BCUT2D eigenvalue weighted by Crippen LogP contribution is -1.99. The van der Waals surface area contributed by atoms with Gasteiger partial charge in [-0.3, -0.25) is 4.99 Å². The third-order valence-corrected chi connectivity index (χ3v) is 1.10. The number of aliphatic imine (C=N–C) groups is 1. The fraction of sp³-hybridized carbons (Fsp3) is 0.333. The Balaban J connectivity index is 2.61. The molecule has 1 rings (SSSR count). The predicted octanol–water partition coefficient (Wildman–Crippen LogP) is 0.847. The molecule has 0 spiro atoms. The maximum Gasteiger partial charge on any atom is 0.0822 e. The van der Waals surface area contributed by atoms with Crippen LogP contribution in [0.2, 0.25) is 0 Å². The Bertz CT molecular complexity index is 154. The van der Waals surface area contributed by atoms with E-state index in [0.29, 0.717) is 18.7 Å². The third kappa shape index (κ3) is 1.68. The predicted molar refractivity (Wildman–Crippen MR) is 36.3 cm³/mol. The number of oxime groups is 1. The van der Waals surface area contributed by atoms with Crippen molar-refractivity contribution in [2.75, 3.05) is 6.54 Å². The molecule has 0 aromatic heterocycles. The maximum absolute atomic E-state index is 8.30. The summed E-state index contributed by atoms with van der Waals surface area (Å²) >= 11 is 0. The monoisotopic (exact) mass is 124 g/mol. The molecule has 1 heterocycles. The van der Waals surface area contributed by atoms with Gasteiger partial charge in [0.2, 0.25) is 0 Å². The van der Waals surface area contributed by atoms with E-state index in [1.54, 1.807) is 6.21 Å². The van der Waals surface area contributed by atoms with Crippen LogP contribution in [0.1, 0.15) is 6.42 Å². The summed E-state index contributed by atoms with van der Waals surface area (Å²) in [7, 11) is 0. The van der Waals surface area contributed by atoms with Crippen LogP contribution in [0.25, 0.3) is 0 Å². The van der Waals surface area contributed by atoms with Gasteiger partial charge in [-0.1, -0.05) is 11.2 Å². The Morgan fingerprint density at radius 3 is 3.33 bits per heavy atom. The Morgan fingerprint density at radius 1 is 1.67 bits per heavy atom. The smallest absolute Gasteiger partial charge is 0.0822 e. The van der Waals surface area contributed by atoms with E-state index >= 15 is 0 Å². The molecule has 0 saturated heterocycles. The van der Waals surface area contributed by atoms with Crippen molar-refractivity contribution in [2.45, 2.75) is 6.42 Å². The maximum atomic E-state index is 8.30. The van der Waals surface area contributed by atoms with Gasteiger partial charge >= 0.3 is 0 Å². The first-order chi connectivity index (χ1) is 4.43. The molecule has 1 aliphatic rings. The van der Waals surface area contributed by atoms with Gasteiger partial charge in [-0.05, 0) is 6.08 Å². The molecule has 9 heavy (non-hydrogen) atoms. The molecule has 0 bridgehead atoms. The van der Waals surface area contributed by atoms with Gasteiger partial charge < -0.3 is 5.21 Å². The molecule has 0 aromatic rings. The SMILES string of the molecule is ON=C1CC=CC=NC1. The van der Waals surface area contributed by atoms with Crippen molar-refractivity contribution in [1.29, 1.82) is 0 Å². The molecule has 0 unspecified atom stereocenters. The van der Waals surface area contributed by atoms with Gasteiger partial charge in [-0.25, -0.2) is 0 Å². The summed E-state index contributed by atoms with van der Waals surface area (Å²) < 4.78 is 0. The Labute approximate surface area is 53.4 Å². The topological polar surface area (TPSA) is 45.0 Å². The van der Waals surface area contributed by atoms with Crippen LogP contribution in [0.4, 0.5) is 0 Å². The molecule has 0 atom stereocenters. The number of hydrogen-bond acceptors (Lipinski definition) is 3. The number of rotatable bonds is 0. The van der Waals surface area contributed by atoms with Crippen molar-refractivity contribution < 1.29 is 5.21 Å². The van der Waals surface area contributed by atoms with Gasteiger partial charge in [0, 0.05) is 12.6 Å². The van der Waals surface area contributed by atoms with Crippen molar-refractivity contribution >= 4 is 11.9 Å². The highest BCUT2D eigenvalue weighted by Gasteiger charge is 1.95. The van der Waals surface area contributed by atoms with Crippen LogP contribution >= 0.6 is 0 Å². The van der Waals surface area contributed by atoms with Gasteiger partial charge in [0.05, 0.1) is 12.3 Å². The molecule has 1 N–H and O–H groups in total. The lowest BCUT2D eigenvalue weighted by Gasteiger charge is -1.90. The molecule has 1 aliphatic heterocycles. The first-order valence-electron chi connectivity index (χ1n) is 2.78. The van der Waals surface area contributed by atoms with Gasteiger partial charge in [0.15, 0.2) is 0 Å². The van der Waals surface area contributed by atoms with Gasteiger partial charge in [0.25, 0.3) is 0 Å². The molecule has 0 aromatic carbocycles. The Morgan fingerprint density at radius 2 is 2.56 bits per heavy atom. The second-order valence-electron chi connectivity index (χ2n) is 1.79. The van der Waals surface area contributed by atoms with Crippen LogP contribution in [0.3, 0.4) is 0 Å². The van der Waals surface area contributed by atoms with E-state index in [9.17, 15) is 0 Å². The molecule has 0 amide bonds. The molecular weight excluding hydrogens is 116 g/mol. The molecule has 3 heteroatoms. The van der Waals surface area contributed by atoms with Crippen molar-refractivity contribution in [3.8, 4) is 0 Å². The lowest BCUT2D eigenvalue weighted by atomic mass is 10.3. The van der Waals surface area contributed by atoms with Gasteiger partial charge in [-0.2, -0.15) is 0 Å². The zero-order valence-corrected chi connectivity index (χ0v) is 4.99. The first kappa shape index (κ1) is 6.01. The largest absolute Gasteiger partial charge is 0.411 e. The number of nitrogens with zero attached hydrogens (tertiary/aromatic N) is 2. The third-order valence-electron chi connectivity index (χ3n) is 1.10. The summed E-state index contributed by atoms with van der Waals surface area (Å²) in [6, 6.07) is 0.